The minimum atomic E-state index is -0.679. The third-order valence-electron chi connectivity index (χ3n) is 5.92. The number of nitrogens with one attached hydrogen (secondary N) is 3. The number of benzene rings is 2. The van der Waals surface area contributed by atoms with Gasteiger partial charge in [0.15, 0.2) is 0 Å². The van der Waals surface area contributed by atoms with Crippen LogP contribution >= 0.6 is 0 Å². The Morgan fingerprint density at radius 3 is 2.91 bits per heavy atom. The molecule has 0 saturated heterocycles. The van der Waals surface area contributed by atoms with E-state index in [2.05, 4.69) is 31.9 Å². The number of aromatic nitrogens is 2. The average molecular weight is 477 g/mol. The van der Waals surface area contributed by atoms with Gasteiger partial charge in [-0.3, -0.25) is 10.1 Å². The van der Waals surface area contributed by atoms with Crippen molar-refractivity contribution in [3.05, 3.63) is 65.9 Å². The Morgan fingerprint density at radius 1 is 1.20 bits per heavy atom. The smallest absolute Gasteiger partial charge is 0.239 e. The van der Waals surface area contributed by atoms with Crippen LogP contribution in [0.4, 0.5) is 11.6 Å². The average Bonchev–Trinajstić information content (AvgIpc) is 2.87. The Labute approximate surface area is 205 Å². The molecule has 1 amide bonds. The van der Waals surface area contributed by atoms with Gasteiger partial charge in [0, 0.05) is 42.6 Å². The van der Waals surface area contributed by atoms with Gasteiger partial charge in [-0.1, -0.05) is 12.1 Å². The number of carbonyl (C=O) groups is 1. The quantitative estimate of drug-likeness (QED) is 0.446. The SMILES string of the molecule is COc1ccc2cc1CN(C)CCCNC(=O)[C@H](CO)NCc1cccc(c1)Nc1nccc-2n1. The lowest BCUT2D eigenvalue weighted by Crippen LogP contribution is -2.46. The first-order valence-corrected chi connectivity index (χ1v) is 11.7. The van der Waals surface area contributed by atoms with Crippen molar-refractivity contribution in [1.29, 1.82) is 0 Å². The second-order valence-corrected chi connectivity index (χ2v) is 8.62. The molecule has 2 aromatic carbocycles. The molecular formula is C26H32N6O3. The first kappa shape index (κ1) is 24.6. The molecule has 3 aromatic rings. The number of rotatable bonds is 2. The highest BCUT2D eigenvalue weighted by atomic mass is 16.5. The molecule has 9 nitrogen and oxygen atoms in total. The van der Waals surface area contributed by atoms with Crippen LogP contribution in [-0.4, -0.2) is 65.8 Å². The first-order chi connectivity index (χ1) is 17.1. The van der Waals surface area contributed by atoms with Crippen LogP contribution in [-0.2, 0) is 17.9 Å². The van der Waals surface area contributed by atoms with Crippen molar-refractivity contribution in [3.8, 4) is 17.0 Å². The Kier molecular flexibility index (Phi) is 8.25. The Hall–Kier alpha value is -3.53. The highest BCUT2D eigenvalue weighted by Crippen LogP contribution is 2.27. The van der Waals surface area contributed by atoms with Gasteiger partial charge in [0.1, 0.15) is 11.8 Å². The number of aliphatic hydroxyl groups excluding tert-OH is 1. The molecule has 6 bridgehead atoms. The summed E-state index contributed by atoms with van der Waals surface area (Å²) in [5.74, 6) is 1.10. The zero-order valence-electron chi connectivity index (χ0n) is 20.1. The van der Waals surface area contributed by atoms with E-state index in [-0.39, 0.29) is 12.5 Å². The van der Waals surface area contributed by atoms with E-state index in [0.29, 0.717) is 25.6 Å². The Bertz CT molecular complexity index is 1160. The molecule has 9 heteroatoms. The van der Waals surface area contributed by atoms with Crippen LogP contribution in [0.3, 0.4) is 0 Å². The fourth-order valence-electron chi connectivity index (χ4n) is 4.06. The van der Waals surface area contributed by atoms with E-state index in [1.165, 1.54) is 0 Å². The number of amides is 1. The molecule has 0 saturated carbocycles. The second kappa shape index (κ2) is 11.7. The maximum absolute atomic E-state index is 12.5. The normalized spacial score (nSPS) is 17.7. The van der Waals surface area contributed by atoms with Crippen molar-refractivity contribution >= 4 is 17.5 Å². The van der Waals surface area contributed by atoms with Gasteiger partial charge in [0.2, 0.25) is 11.9 Å². The number of hydrogen-bond acceptors (Lipinski definition) is 8. The Morgan fingerprint density at radius 2 is 2.09 bits per heavy atom. The summed E-state index contributed by atoms with van der Waals surface area (Å²) in [4.78, 5) is 23.8. The van der Waals surface area contributed by atoms with Gasteiger partial charge < -0.3 is 25.4 Å². The van der Waals surface area contributed by atoms with E-state index in [1.54, 1.807) is 13.3 Å². The molecule has 2 heterocycles. The highest BCUT2D eigenvalue weighted by molar-refractivity contribution is 5.81. The summed E-state index contributed by atoms with van der Waals surface area (Å²) in [6, 6.07) is 15.1. The molecule has 1 atom stereocenters. The van der Waals surface area contributed by atoms with E-state index in [9.17, 15) is 9.90 Å². The van der Waals surface area contributed by atoms with Crippen molar-refractivity contribution in [2.75, 3.05) is 39.2 Å². The summed E-state index contributed by atoms with van der Waals surface area (Å²) in [6.07, 6.45) is 2.52. The lowest BCUT2D eigenvalue weighted by atomic mass is 10.1. The molecule has 184 valence electrons. The third kappa shape index (κ3) is 6.54. The summed E-state index contributed by atoms with van der Waals surface area (Å²) in [5.41, 5.74) is 4.64. The molecule has 1 aliphatic rings. The second-order valence-electron chi connectivity index (χ2n) is 8.62. The minimum absolute atomic E-state index is 0.210. The van der Waals surface area contributed by atoms with Gasteiger partial charge >= 0.3 is 0 Å². The van der Waals surface area contributed by atoms with Crippen molar-refractivity contribution in [1.82, 2.24) is 25.5 Å². The zero-order valence-corrected chi connectivity index (χ0v) is 20.1. The van der Waals surface area contributed by atoms with Crippen LogP contribution in [0.2, 0.25) is 0 Å². The highest BCUT2D eigenvalue weighted by Gasteiger charge is 2.17. The first-order valence-electron chi connectivity index (χ1n) is 11.7. The van der Waals surface area contributed by atoms with Gasteiger partial charge in [-0.05, 0) is 62.0 Å². The van der Waals surface area contributed by atoms with E-state index in [0.717, 1.165) is 46.8 Å². The fraction of sp³-hybridized carbons (Fsp3) is 0.346. The predicted octanol–water partition coefficient (Wildman–Crippen LogP) is 2.30. The third-order valence-corrected chi connectivity index (χ3v) is 5.92. The summed E-state index contributed by atoms with van der Waals surface area (Å²) in [7, 11) is 3.71. The summed E-state index contributed by atoms with van der Waals surface area (Å²) >= 11 is 0. The molecule has 1 aliphatic heterocycles. The fourth-order valence-corrected chi connectivity index (χ4v) is 4.06. The molecular weight excluding hydrogens is 444 g/mol. The lowest BCUT2D eigenvalue weighted by Gasteiger charge is -2.20. The lowest BCUT2D eigenvalue weighted by molar-refractivity contribution is -0.124. The number of anilines is 2. The minimum Gasteiger partial charge on any atom is -0.496 e. The number of fused-ring (bicyclic) bond motifs is 7. The van der Waals surface area contributed by atoms with Gasteiger partial charge in [-0.2, -0.15) is 0 Å². The predicted molar refractivity (Wildman–Crippen MR) is 135 cm³/mol. The maximum Gasteiger partial charge on any atom is 0.239 e. The van der Waals surface area contributed by atoms with Crippen molar-refractivity contribution in [2.24, 2.45) is 0 Å². The standard InChI is InChI=1S/C26H32N6O3/c1-32-12-4-10-27-25(34)23(17-33)29-15-18-5-3-6-21(13-18)30-26-28-11-9-22(31-26)19-7-8-24(35-2)20(14-19)16-32/h3,5-9,11,13-14,23,29,33H,4,10,12,15-17H2,1-2H3,(H,27,34)(H,28,30,31)/t23-/m0/s1. The van der Waals surface area contributed by atoms with Gasteiger partial charge in [-0.15, -0.1) is 0 Å². The molecule has 35 heavy (non-hydrogen) atoms. The summed E-state index contributed by atoms with van der Waals surface area (Å²) in [5, 5.41) is 19.0. The van der Waals surface area contributed by atoms with E-state index < -0.39 is 6.04 Å². The molecule has 0 radical (unpaired) electrons. The summed E-state index contributed by atoms with van der Waals surface area (Å²) < 4.78 is 5.59. The van der Waals surface area contributed by atoms with Crippen LogP contribution in [0.1, 0.15) is 17.5 Å². The molecule has 4 rings (SSSR count). The van der Waals surface area contributed by atoms with Crippen LogP contribution in [0.25, 0.3) is 11.3 Å². The molecule has 4 N–H and O–H groups in total. The molecule has 0 fully saturated rings. The van der Waals surface area contributed by atoms with Crippen LogP contribution < -0.4 is 20.7 Å². The van der Waals surface area contributed by atoms with E-state index >= 15 is 0 Å². The van der Waals surface area contributed by atoms with E-state index in [1.807, 2.05) is 49.5 Å². The number of ether oxygens (including phenoxy) is 1. The van der Waals surface area contributed by atoms with Crippen LogP contribution in [0.5, 0.6) is 5.75 Å². The largest absolute Gasteiger partial charge is 0.496 e. The molecule has 0 spiro atoms. The van der Waals surface area contributed by atoms with Gasteiger partial charge in [-0.25, -0.2) is 9.97 Å². The number of carbonyl (C=O) groups excluding carboxylic acids is 1. The van der Waals surface area contributed by atoms with Gasteiger partial charge in [0.05, 0.1) is 19.4 Å². The van der Waals surface area contributed by atoms with Crippen LogP contribution in [0, 0.1) is 0 Å². The van der Waals surface area contributed by atoms with Gasteiger partial charge in [0.25, 0.3) is 0 Å². The molecule has 0 aliphatic carbocycles. The number of methoxy groups -OCH3 is 1. The maximum atomic E-state index is 12.5. The molecule has 1 aromatic heterocycles. The number of aliphatic hydroxyl groups is 1. The van der Waals surface area contributed by atoms with Crippen LogP contribution in [0.15, 0.2) is 54.7 Å². The number of hydrogen-bond donors (Lipinski definition) is 4. The number of nitrogens with zero attached hydrogens (tertiary/aromatic N) is 3. The van der Waals surface area contributed by atoms with E-state index in [4.69, 9.17) is 9.72 Å². The van der Waals surface area contributed by atoms with Crippen molar-refractivity contribution in [3.63, 3.8) is 0 Å². The van der Waals surface area contributed by atoms with Crippen molar-refractivity contribution in [2.45, 2.75) is 25.6 Å². The molecule has 0 unspecified atom stereocenters. The van der Waals surface area contributed by atoms with Crippen molar-refractivity contribution < 1.29 is 14.6 Å². The monoisotopic (exact) mass is 476 g/mol. The Balaban J connectivity index is 1.65. The zero-order chi connectivity index (χ0) is 24.6. The topological polar surface area (TPSA) is 112 Å². The summed E-state index contributed by atoms with van der Waals surface area (Å²) in [6.45, 7) is 2.17.